The molecule has 2 N–H and O–H groups in total. The highest BCUT2D eigenvalue weighted by Crippen LogP contribution is 2.30. The maximum atomic E-state index is 12.3. The van der Waals surface area contributed by atoms with Crippen LogP contribution in [0.1, 0.15) is 58.5 Å². The number of ether oxygens (including phenoxy) is 3. The van der Waals surface area contributed by atoms with Crippen molar-refractivity contribution >= 4 is 23.7 Å². The van der Waals surface area contributed by atoms with Gasteiger partial charge in [-0.05, 0) is 26.2 Å². The van der Waals surface area contributed by atoms with Crippen LogP contribution in [0.25, 0.3) is 0 Å². The number of carbonyl (C=O) groups excluding carboxylic acids is 1. The van der Waals surface area contributed by atoms with Gasteiger partial charge in [-0.3, -0.25) is 4.68 Å². The zero-order chi connectivity index (χ0) is 22.4. The van der Waals surface area contributed by atoms with Gasteiger partial charge >= 0.3 is 12.1 Å². The molecule has 1 rings (SSSR count). The van der Waals surface area contributed by atoms with Crippen molar-refractivity contribution in [3.8, 4) is 5.88 Å². The van der Waals surface area contributed by atoms with Crippen LogP contribution in [0.15, 0.2) is 0 Å². The Labute approximate surface area is 176 Å². The number of nitrogens with one attached hydrogen (secondary N) is 1. The number of rotatable bonds is 9. The van der Waals surface area contributed by atoms with E-state index < -0.39 is 29.1 Å². The van der Waals surface area contributed by atoms with Crippen LogP contribution in [0, 0.1) is 5.41 Å². The van der Waals surface area contributed by atoms with E-state index in [1.165, 1.54) is 4.68 Å². The lowest BCUT2D eigenvalue weighted by Gasteiger charge is -2.32. The van der Waals surface area contributed by atoms with Gasteiger partial charge in [0.1, 0.15) is 10.6 Å². The maximum absolute atomic E-state index is 12.3. The fourth-order valence-electron chi connectivity index (χ4n) is 2.38. The first-order valence-electron chi connectivity index (χ1n) is 9.37. The number of nitrogens with zero attached hydrogens (tertiary/aromatic N) is 2. The third kappa shape index (κ3) is 8.10. The van der Waals surface area contributed by atoms with E-state index in [0.717, 1.165) is 0 Å². The third-order valence-corrected chi connectivity index (χ3v) is 4.23. The van der Waals surface area contributed by atoms with E-state index in [2.05, 4.69) is 10.4 Å². The molecule has 0 spiro atoms. The Morgan fingerprint density at radius 1 is 1.21 bits per heavy atom. The molecule has 29 heavy (non-hydrogen) atoms. The van der Waals surface area contributed by atoms with Crippen molar-refractivity contribution in [1.29, 1.82) is 0 Å². The van der Waals surface area contributed by atoms with Gasteiger partial charge in [-0.1, -0.05) is 32.4 Å². The fraction of sp³-hybridized carbons (Fsp3) is 0.737. The summed E-state index contributed by atoms with van der Waals surface area (Å²) in [6.45, 7) is 11.9. The average Bonchev–Trinajstić information content (AvgIpc) is 2.84. The number of hydrogen-bond acceptors (Lipinski definition) is 6. The summed E-state index contributed by atoms with van der Waals surface area (Å²) >= 11 is 6.20. The summed E-state index contributed by atoms with van der Waals surface area (Å²) in [5.41, 5.74) is -1.27. The zero-order valence-electron chi connectivity index (χ0n) is 18.2. The van der Waals surface area contributed by atoms with Crippen LogP contribution in [-0.2, 0) is 16.0 Å². The fourth-order valence-corrected chi connectivity index (χ4v) is 2.65. The Bertz CT molecular complexity index is 706. The number of alkyl carbamates (subject to hydrolysis) is 1. The summed E-state index contributed by atoms with van der Waals surface area (Å²) in [5.74, 6) is -1.20. The predicted molar refractivity (Wildman–Crippen MR) is 109 cm³/mol. The van der Waals surface area contributed by atoms with Crippen molar-refractivity contribution in [2.24, 2.45) is 5.41 Å². The number of aromatic nitrogens is 2. The van der Waals surface area contributed by atoms with Gasteiger partial charge in [-0.2, -0.15) is 0 Å². The van der Waals surface area contributed by atoms with Crippen molar-refractivity contribution in [3.05, 3.63) is 10.7 Å². The van der Waals surface area contributed by atoms with Crippen LogP contribution < -0.4 is 10.1 Å². The molecule has 1 atom stereocenters. The Morgan fingerprint density at radius 3 is 2.31 bits per heavy atom. The van der Waals surface area contributed by atoms with Gasteiger partial charge in [0.2, 0.25) is 0 Å². The standard InChI is InChI=1S/C19H32ClN3O6/c1-18(2,3)12(21-17(26)29-19(4,5)6)11-23-14(16(24)25)13(20)15(22-23)28-10-8-9-27-7/h12H,8-11H2,1-7H3,(H,21,26)(H,24,25). The van der Waals surface area contributed by atoms with Gasteiger partial charge in [-0.15, -0.1) is 5.10 Å². The molecule has 166 valence electrons. The second-order valence-electron chi connectivity index (χ2n) is 8.71. The Hall–Kier alpha value is -2.00. The molecular weight excluding hydrogens is 402 g/mol. The highest BCUT2D eigenvalue weighted by Gasteiger charge is 2.32. The molecule has 1 heterocycles. The number of carboxylic acid groups (broad SMARTS) is 1. The number of hydrogen-bond donors (Lipinski definition) is 2. The normalized spacial score (nSPS) is 13.1. The number of methoxy groups -OCH3 is 1. The zero-order valence-corrected chi connectivity index (χ0v) is 18.9. The Balaban J connectivity index is 3.08. The highest BCUT2D eigenvalue weighted by atomic mass is 35.5. The molecule has 0 aliphatic heterocycles. The highest BCUT2D eigenvalue weighted by molar-refractivity contribution is 6.34. The average molecular weight is 434 g/mol. The molecule has 1 unspecified atom stereocenters. The summed E-state index contributed by atoms with van der Waals surface area (Å²) in [4.78, 5) is 24.0. The van der Waals surface area contributed by atoms with Crippen LogP contribution in [0.4, 0.5) is 4.79 Å². The van der Waals surface area contributed by atoms with E-state index in [-0.39, 0.29) is 29.7 Å². The van der Waals surface area contributed by atoms with Crippen LogP contribution in [0.5, 0.6) is 5.88 Å². The van der Waals surface area contributed by atoms with Crippen LogP contribution >= 0.6 is 11.6 Å². The van der Waals surface area contributed by atoms with Gasteiger partial charge in [0.25, 0.3) is 5.88 Å². The minimum atomic E-state index is -1.24. The van der Waals surface area contributed by atoms with Gasteiger partial charge in [0.15, 0.2) is 5.69 Å². The molecule has 0 bridgehead atoms. The lowest BCUT2D eigenvalue weighted by Crippen LogP contribution is -2.48. The first-order valence-corrected chi connectivity index (χ1v) is 9.75. The number of amides is 1. The first-order chi connectivity index (χ1) is 13.3. The topological polar surface area (TPSA) is 112 Å². The van der Waals surface area contributed by atoms with Crippen LogP contribution in [0.3, 0.4) is 0 Å². The molecule has 0 radical (unpaired) electrons. The summed E-state index contributed by atoms with van der Waals surface area (Å²) < 4.78 is 17.0. The smallest absolute Gasteiger partial charge is 0.407 e. The van der Waals surface area contributed by atoms with Crippen molar-refractivity contribution in [1.82, 2.24) is 15.1 Å². The summed E-state index contributed by atoms with van der Waals surface area (Å²) in [6, 6.07) is -0.479. The number of carboxylic acids is 1. The lowest BCUT2D eigenvalue weighted by atomic mass is 9.86. The van der Waals surface area contributed by atoms with Gasteiger partial charge < -0.3 is 24.6 Å². The van der Waals surface area contributed by atoms with E-state index in [1.807, 2.05) is 20.8 Å². The van der Waals surface area contributed by atoms with E-state index in [0.29, 0.717) is 13.0 Å². The molecule has 0 saturated carbocycles. The minimum Gasteiger partial charge on any atom is -0.476 e. The Morgan fingerprint density at radius 2 is 1.83 bits per heavy atom. The molecule has 0 saturated heterocycles. The van der Waals surface area contributed by atoms with Crippen molar-refractivity contribution in [2.45, 2.75) is 66.2 Å². The van der Waals surface area contributed by atoms with Crippen LogP contribution in [-0.4, -0.2) is 58.9 Å². The summed E-state index contributed by atoms with van der Waals surface area (Å²) in [5, 5.41) is 16.5. The maximum Gasteiger partial charge on any atom is 0.407 e. The van der Waals surface area contributed by atoms with Crippen molar-refractivity contribution < 1.29 is 28.9 Å². The SMILES string of the molecule is COCCCOc1nn(CC(NC(=O)OC(C)(C)C)C(C)(C)C)c(C(=O)O)c1Cl. The second-order valence-corrected chi connectivity index (χ2v) is 9.09. The van der Waals surface area contributed by atoms with E-state index in [1.54, 1.807) is 27.9 Å². The molecule has 0 aliphatic carbocycles. The predicted octanol–water partition coefficient (Wildman–Crippen LogP) is 3.59. The first kappa shape index (κ1) is 25.0. The lowest BCUT2D eigenvalue weighted by molar-refractivity contribution is 0.0451. The number of halogens is 1. The van der Waals surface area contributed by atoms with Crippen LogP contribution in [0.2, 0.25) is 5.02 Å². The quantitative estimate of drug-likeness (QED) is 0.572. The summed E-state index contributed by atoms with van der Waals surface area (Å²) in [6.07, 6.45) is 0.0102. The third-order valence-electron chi connectivity index (χ3n) is 3.89. The minimum absolute atomic E-state index is 0.0325. The van der Waals surface area contributed by atoms with E-state index in [4.69, 9.17) is 25.8 Å². The molecule has 0 aliphatic rings. The molecular formula is C19H32ClN3O6. The molecule has 0 fully saturated rings. The number of aromatic carboxylic acids is 1. The molecule has 1 amide bonds. The van der Waals surface area contributed by atoms with Crippen molar-refractivity contribution in [3.63, 3.8) is 0 Å². The molecule has 9 nitrogen and oxygen atoms in total. The van der Waals surface area contributed by atoms with E-state index in [9.17, 15) is 14.7 Å². The van der Waals surface area contributed by atoms with Gasteiger partial charge in [-0.25, -0.2) is 9.59 Å². The molecule has 1 aromatic heterocycles. The van der Waals surface area contributed by atoms with Gasteiger partial charge in [0, 0.05) is 20.1 Å². The molecule has 1 aromatic rings. The van der Waals surface area contributed by atoms with Gasteiger partial charge in [0.05, 0.1) is 19.2 Å². The largest absolute Gasteiger partial charge is 0.476 e. The van der Waals surface area contributed by atoms with E-state index >= 15 is 0 Å². The van der Waals surface area contributed by atoms with Crippen molar-refractivity contribution in [2.75, 3.05) is 20.3 Å². The monoisotopic (exact) mass is 433 g/mol. The Kier molecular flexibility index (Phi) is 8.77. The number of carbonyl (C=O) groups is 2. The molecule has 0 aromatic carbocycles. The second kappa shape index (κ2) is 10.2. The summed E-state index contributed by atoms with van der Waals surface area (Å²) in [7, 11) is 1.58. The molecule has 10 heteroatoms.